The van der Waals surface area contributed by atoms with Crippen molar-refractivity contribution in [3.63, 3.8) is 0 Å². The molecule has 0 spiro atoms. The number of nitrogens with one attached hydrogen (secondary N) is 1. The van der Waals surface area contributed by atoms with E-state index in [1.807, 2.05) is 0 Å². The van der Waals surface area contributed by atoms with Gasteiger partial charge in [0.1, 0.15) is 0 Å². The van der Waals surface area contributed by atoms with Gasteiger partial charge in [-0.15, -0.1) is 0 Å². The normalized spacial score (nSPS) is 23.6. The Labute approximate surface area is 97.0 Å². The average Bonchev–Trinajstić information content (AvgIpc) is 2.77. The fraction of sp³-hybridized carbons (Fsp3) is 0.429. The van der Waals surface area contributed by atoms with E-state index in [0.29, 0.717) is 0 Å². The van der Waals surface area contributed by atoms with Gasteiger partial charge in [-0.05, 0) is 18.4 Å². The summed E-state index contributed by atoms with van der Waals surface area (Å²) in [7, 11) is 0. The summed E-state index contributed by atoms with van der Waals surface area (Å²) in [6, 6.07) is 10.7. The van der Waals surface area contributed by atoms with Gasteiger partial charge in [-0.3, -0.25) is 0 Å². The van der Waals surface area contributed by atoms with E-state index in [2.05, 4.69) is 46.7 Å². The second-order valence-corrected chi connectivity index (χ2v) is 4.74. The average molecular weight is 214 g/mol. The fourth-order valence-corrected chi connectivity index (χ4v) is 2.67. The second-order valence-electron chi connectivity index (χ2n) is 4.74. The van der Waals surface area contributed by atoms with Crippen molar-refractivity contribution < 1.29 is 0 Å². The molecule has 2 aliphatic rings. The molecule has 3 rings (SSSR count). The number of benzene rings is 1. The molecule has 0 saturated carbocycles. The van der Waals surface area contributed by atoms with Crippen LogP contribution >= 0.6 is 0 Å². The first-order valence-electron chi connectivity index (χ1n) is 6.15. The van der Waals surface area contributed by atoms with Gasteiger partial charge < -0.3 is 10.2 Å². The summed E-state index contributed by atoms with van der Waals surface area (Å²) in [5.74, 6) is 0.812. The molecule has 1 aromatic rings. The fourth-order valence-electron chi connectivity index (χ4n) is 2.67. The molecule has 2 heterocycles. The first kappa shape index (κ1) is 9.76. The molecule has 1 atom stereocenters. The molecule has 0 bridgehead atoms. The maximum Gasteiger partial charge on any atom is 0.0424 e. The highest BCUT2D eigenvalue weighted by atomic mass is 15.1. The van der Waals surface area contributed by atoms with Gasteiger partial charge in [0.15, 0.2) is 0 Å². The van der Waals surface area contributed by atoms with Crippen LogP contribution in [0.25, 0.3) is 0 Å². The van der Waals surface area contributed by atoms with Crippen LogP contribution < -0.4 is 5.32 Å². The Hall–Kier alpha value is -1.44. The molecular formula is C14H18N2. The lowest BCUT2D eigenvalue weighted by Gasteiger charge is -2.28. The third-order valence-electron chi connectivity index (χ3n) is 3.58. The van der Waals surface area contributed by atoms with Crippen molar-refractivity contribution in [3.8, 4) is 0 Å². The highest BCUT2D eigenvalue weighted by Gasteiger charge is 2.25. The van der Waals surface area contributed by atoms with E-state index >= 15 is 0 Å². The Morgan fingerprint density at radius 1 is 1.19 bits per heavy atom. The van der Waals surface area contributed by atoms with Crippen molar-refractivity contribution in [3.05, 3.63) is 47.8 Å². The molecule has 2 nitrogen and oxygen atoms in total. The third kappa shape index (κ3) is 1.92. The number of rotatable bonds is 2. The number of nitrogens with zero attached hydrogens (tertiary/aromatic N) is 1. The van der Waals surface area contributed by atoms with Crippen LogP contribution in [0.1, 0.15) is 18.4 Å². The van der Waals surface area contributed by atoms with Gasteiger partial charge in [-0.25, -0.2) is 0 Å². The van der Waals surface area contributed by atoms with Crippen LogP contribution in [0, 0.1) is 5.92 Å². The van der Waals surface area contributed by atoms with Crippen LogP contribution in [-0.4, -0.2) is 18.0 Å². The van der Waals surface area contributed by atoms with Crippen molar-refractivity contribution in [2.75, 3.05) is 13.1 Å². The van der Waals surface area contributed by atoms with Crippen LogP contribution in [-0.2, 0) is 6.54 Å². The number of fused-ring (bicyclic) bond motifs is 1. The molecular weight excluding hydrogens is 196 g/mol. The Morgan fingerprint density at radius 2 is 2.06 bits per heavy atom. The van der Waals surface area contributed by atoms with Crippen molar-refractivity contribution >= 4 is 0 Å². The molecule has 1 unspecified atom stereocenters. The minimum Gasteiger partial charge on any atom is -0.387 e. The Bertz CT molecular complexity index is 383. The van der Waals surface area contributed by atoms with Gasteiger partial charge in [-0.2, -0.15) is 0 Å². The number of allylic oxidation sites excluding steroid dienone is 1. The summed E-state index contributed by atoms with van der Waals surface area (Å²) in [4.78, 5) is 2.43. The van der Waals surface area contributed by atoms with Gasteiger partial charge in [0, 0.05) is 37.4 Å². The summed E-state index contributed by atoms with van der Waals surface area (Å²) in [5, 5.41) is 3.49. The molecule has 84 valence electrons. The van der Waals surface area contributed by atoms with Gasteiger partial charge in [0.2, 0.25) is 0 Å². The van der Waals surface area contributed by atoms with Crippen molar-refractivity contribution in [1.29, 1.82) is 0 Å². The minimum absolute atomic E-state index is 0.812. The standard InChI is InChI=1S/C14H18N2/c1-2-4-12(5-3-1)10-16-9-7-13-6-8-15-14(13)11-16/h1-5,11,13,15H,6-10H2. The zero-order valence-corrected chi connectivity index (χ0v) is 9.52. The predicted octanol–water partition coefficient (Wildman–Crippen LogP) is 2.34. The minimum atomic E-state index is 0.812. The van der Waals surface area contributed by atoms with E-state index in [0.717, 1.165) is 19.0 Å². The zero-order chi connectivity index (χ0) is 10.8. The lowest BCUT2D eigenvalue weighted by molar-refractivity contribution is 0.310. The Kier molecular flexibility index (Phi) is 2.56. The largest absolute Gasteiger partial charge is 0.387 e. The summed E-state index contributed by atoms with van der Waals surface area (Å²) < 4.78 is 0. The van der Waals surface area contributed by atoms with E-state index < -0.39 is 0 Å². The molecule has 0 aromatic heterocycles. The Morgan fingerprint density at radius 3 is 2.94 bits per heavy atom. The van der Waals surface area contributed by atoms with Crippen LogP contribution in [0.5, 0.6) is 0 Å². The molecule has 2 heteroatoms. The smallest absolute Gasteiger partial charge is 0.0424 e. The molecule has 2 aliphatic heterocycles. The first-order valence-corrected chi connectivity index (χ1v) is 6.15. The summed E-state index contributed by atoms with van der Waals surface area (Å²) in [6.07, 6.45) is 4.96. The lowest BCUT2D eigenvalue weighted by atomic mass is 9.98. The quantitative estimate of drug-likeness (QED) is 0.813. The Balaban J connectivity index is 1.70. The van der Waals surface area contributed by atoms with Crippen LogP contribution in [0.2, 0.25) is 0 Å². The van der Waals surface area contributed by atoms with Crippen LogP contribution in [0.15, 0.2) is 42.2 Å². The van der Waals surface area contributed by atoms with Gasteiger partial charge in [-0.1, -0.05) is 30.3 Å². The van der Waals surface area contributed by atoms with E-state index in [-0.39, 0.29) is 0 Å². The topological polar surface area (TPSA) is 15.3 Å². The van der Waals surface area contributed by atoms with Crippen LogP contribution in [0.4, 0.5) is 0 Å². The maximum absolute atomic E-state index is 3.49. The van der Waals surface area contributed by atoms with Crippen LogP contribution in [0.3, 0.4) is 0 Å². The summed E-state index contributed by atoms with van der Waals surface area (Å²) >= 11 is 0. The molecule has 1 N–H and O–H groups in total. The zero-order valence-electron chi connectivity index (χ0n) is 9.52. The van der Waals surface area contributed by atoms with Gasteiger partial charge in [0.05, 0.1) is 0 Å². The van der Waals surface area contributed by atoms with E-state index in [4.69, 9.17) is 0 Å². The van der Waals surface area contributed by atoms with E-state index in [1.54, 1.807) is 0 Å². The molecule has 0 radical (unpaired) electrons. The molecule has 16 heavy (non-hydrogen) atoms. The van der Waals surface area contributed by atoms with Crippen molar-refractivity contribution in [2.45, 2.75) is 19.4 Å². The molecule has 0 aliphatic carbocycles. The number of hydrogen-bond donors (Lipinski definition) is 1. The first-order chi connectivity index (χ1) is 7.92. The molecule has 1 saturated heterocycles. The van der Waals surface area contributed by atoms with Crippen molar-refractivity contribution in [2.24, 2.45) is 5.92 Å². The maximum atomic E-state index is 3.49. The van der Waals surface area contributed by atoms with Gasteiger partial charge in [0.25, 0.3) is 0 Å². The molecule has 1 aromatic carbocycles. The lowest BCUT2D eigenvalue weighted by Crippen LogP contribution is -2.27. The second kappa shape index (κ2) is 4.20. The van der Waals surface area contributed by atoms with Gasteiger partial charge >= 0.3 is 0 Å². The highest BCUT2D eigenvalue weighted by molar-refractivity contribution is 5.17. The van der Waals surface area contributed by atoms with E-state index in [9.17, 15) is 0 Å². The predicted molar refractivity (Wildman–Crippen MR) is 65.7 cm³/mol. The molecule has 1 fully saturated rings. The van der Waals surface area contributed by atoms with Crippen molar-refractivity contribution in [1.82, 2.24) is 10.2 Å². The van der Waals surface area contributed by atoms with E-state index in [1.165, 1.54) is 30.6 Å². The highest BCUT2D eigenvalue weighted by Crippen LogP contribution is 2.27. The summed E-state index contributed by atoms with van der Waals surface area (Å²) in [5.41, 5.74) is 2.86. The third-order valence-corrected chi connectivity index (χ3v) is 3.58. The SMILES string of the molecule is C1=C2NCCC2CCN1Cc1ccccc1. The monoisotopic (exact) mass is 214 g/mol. The molecule has 0 amide bonds. The summed E-state index contributed by atoms with van der Waals surface area (Å²) in [6.45, 7) is 3.40. The number of hydrogen-bond acceptors (Lipinski definition) is 2.